The predicted molar refractivity (Wildman–Crippen MR) is 88.8 cm³/mol. The maximum atomic E-state index is 12.0. The molecule has 110 valence electrons. The summed E-state index contributed by atoms with van der Waals surface area (Å²) in [6, 6.07) is 16.0. The van der Waals surface area contributed by atoms with Crippen LogP contribution in [0.25, 0.3) is 10.8 Å². The summed E-state index contributed by atoms with van der Waals surface area (Å²) in [5.74, 6) is -0.122. The molecule has 1 aromatic heterocycles. The largest absolute Gasteiger partial charge is 0.357 e. The van der Waals surface area contributed by atoms with E-state index in [1.165, 1.54) is 0 Å². The van der Waals surface area contributed by atoms with Gasteiger partial charge in [0.1, 0.15) is 0 Å². The number of carbonyl (C=O) groups is 1. The molecule has 0 radical (unpaired) electrons. The maximum absolute atomic E-state index is 12.0. The minimum absolute atomic E-state index is 0.122. The molecule has 0 aliphatic rings. The molecule has 3 aromatic rings. The number of hydrogen-bond acceptors (Lipinski definition) is 2. The van der Waals surface area contributed by atoms with E-state index in [1.54, 1.807) is 6.21 Å². The second-order valence-corrected chi connectivity index (χ2v) is 5.22. The van der Waals surface area contributed by atoms with Crippen LogP contribution >= 0.6 is 0 Å². The summed E-state index contributed by atoms with van der Waals surface area (Å²) in [5.41, 5.74) is 4.53. The Balaban J connectivity index is 1.67. The van der Waals surface area contributed by atoms with Gasteiger partial charge < -0.3 is 4.57 Å². The van der Waals surface area contributed by atoms with Crippen molar-refractivity contribution in [3.8, 4) is 0 Å². The maximum Gasteiger partial charge on any atom is 0.244 e. The van der Waals surface area contributed by atoms with Crippen LogP contribution in [-0.2, 0) is 18.3 Å². The third-order valence-corrected chi connectivity index (χ3v) is 3.49. The van der Waals surface area contributed by atoms with Gasteiger partial charge in [0.25, 0.3) is 0 Å². The van der Waals surface area contributed by atoms with E-state index in [-0.39, 0.29) is 5.91 Å². The van der Waals surface area contributed by atoms with E-state index < -0.39 is 0 Å². The van der Waals surface area contributed by atoms with Crippen molar-refractivity contribution in [1.82, 2.24) is 9.99 Å². The lowest BCUT2D eigenvalue weighted by atomic mass is 10.0. The molecule has 0 saturated carbocycles. The first kappa shape index (κ1) is 14.1. The topological polar surface area (TPSA) is 46.4 Å². The number of nitrogens with zero attached hydrogens (tertiary/aromatic N) is 2. The van der Waals surface area contributed by atoms with E-state index in [4.69, 9.17) is 0 Å². The average Bonchev–Trinajstić information content (AvgIpc) is 2.93. The van der Waals surface area contributed by atoms with Gasteiger partial charge in [-0.3, -0.25) is 4.79 Å². The van der Waals surface area contributed by atoms with Crippen LogP contribution in [0.4, 0.5) is 0 Å². The Morgan fingerprint density at radius 1 is 1.18 bits per heavy atom. The van der Waals surface area contributed by atoms with Crippen LogP contribution < -0.4 is 5.43 Å². The average molecular weight is 291 g/mol. The van der Waals surface area contributed by atoms with Gasteiger partial charge in [0, 0.05) is 25.0 Å². The highest BCUT2D eigenvalue weighted by atomic mass is 16.2. The summed E-state index contributed by atoms with van der Waals surface area (Å²) in [6.45, 7) is 0. The number of amides is 1. The van der Waals surface area contributed by atoms with E-state index in [9.17, 15) is 4.79 Å². The Hall–Kier alpha value is -2.88. The lowest BCUT2D eigenvalue weighted by molar-refractivity contribution is -0.120. The number of hydrogen-bond donors (Lipinski definition) is 1. The molecule has 4 heteroatoms. The highest BCUT2D eigenvalue weighted by molar-refractivity contribution is 5.90. The molecule has 0 aliphatic carbocycles. The van der Waals surface area contributed by atoms with Crippen molar-refractivity contribution in [1.29, 1.82) is 0 Å². The van der Waals surface area contributed by atoms with Crippen molar-refractivity contribution >= 4 is 22.9 Å². The summed E-state index contributed by atoms with van der Waals surface area (Å²) in [4.78, 5) is 12.0. The van der Waals surface area contributed by atoms with Crippen molar-refractivity contribution in [3.63, 3.8) is 0 Å². The number of fused-ring (bicyclic) bond motifs is 1. The third kappa shape index (κ3) is 3.23. The van der Waals surface area contributed by atoms with E-state index in [0.717, 1.165) is 21.9 Å². The van der Waals surface area contributed by atoms with Crippen molar-refractivity contribution in [2.45, 2.75) is 6.42 Å². The first-order chi connectivity index (χ1) is 10.7. The first-order valence-corrected chi connectivity index (χ1v) is 7.13. The molecular weight excluding hydrogens is 274 g/mol. The van der Waals surface area contributed by atoms with Crippen LogP contribution in [0, 0.1) is 0 Å². The van der Waals surface area contributed by atoms with Gasteiger partial charge in [0.2, 0.25) is 5.91 Å². The Bertz CT molecular complexity index is 828. The standard InChI is InChI=1S/C18H17N3O/c1-21-10-9-14(13-21)12-19-20-18(22)11-16-7-4-6-15-5-2-3-8-17(15)16/h2-10,12-13H,11H2,1H3,(H,20,22)/b19-12-. The van der Waals surface area contributed by atoms with Crippen molar-refractivity contribution < 1.29 is 4.79 Å². The lowest BCUT2D eigenvalue weighted by Gasteiger charge is -2.05. The molecule has 0 aliphatic heterocycles. The number of hydrazone groups is 1. The summed E-state index contributed by atoms with van der Waals surface area (Å²) >= 11 is 0. The van der Waals surface area contributed by atoms with Crippen LogP contribution in [0.5, 0.6) is 0 Å². The molecule has 0 atom stereocenters. The highest BCUT2D eigenvalue weighted by Crippen LogP contribution is 2.18. The van der Waals surface area contributed by atoms with E-state index in [1.807, 2.05) is 72.5 Å². The van der Waals surface area contributed by atoms with Gasteiger partial charge in [-0.25, -0.2) is 5.43 Å². The molecule has 3 rings (SSSR count). The Kier molecular flexibility index (Phi) is 4.01. The van der Waals surface area contributed by atoms with Gasteiger partial charge in [-0.15, -0.1) is 0 Å². The fraction of sp³-hybridized carbons (Fsp3) is 0.111. The molecular formula is C18H17N3O. The smallest absolute Gasteiger partial charge is 0.244 e. The molecule has 1 heterocycles. The molecule has 0 unspecified atom stereocenters. The number of carbonyl (C=O) groups excluding carboxylic acids is 1. The number of benzene rings is 2. The monoisotopic (exact) mass is 291 g/mol. The van der Waals surface area contributed by atoms with Gasteiger partial charge in [0.15, 0.2) is 0 Å². The van der Waals surface area contributed by atoms with Gasteiger partial charge >= 0.3 is 0 Å². The van der Waals surface area contributed by atoms with Gasteiger partial charge in [-0.1, -0.05) is 42.5 Å². The SMILES string of the molecule is Cn1ccc(/C=N\NC(=O)Cc2cccc3ccccc23)c1. The first-order valence-electron chi connectivity index (χ1n) is 7.13. The Labute approximate surface area is 129 Å². The number of nitrogens with one attached hydrogen (secondary N) is 1. The summed E-state index contributed by atoms with van der Waals surface area (Å²) in [5, 5.41) is 6.24. The molecule has 0 saturated heterocycles. The van der Waals surface area contributed by atoms with Gasteiger partial charge in [-0.05, 0) is 22.4 Å². The zero-order valence-electron chi connectivity index (χ0n) is 12.4. The van der Waals surface area contributed by atoms with Gasteiger partial charge in [-0.2, -0.15) is 5.10 Å². The Morgan fingerprint density at radius 3 is 2.82 bits per heavy atom. The molecule has 4 nitrogen and oxygen atoms in total. The summed E-state index contributed by atoms with van der Waals surface area (Å²) in [6.07, 6.45) is 5.81. The lowest BCUT2D eigenvalue weighted by Crippen LogP contribution is -2.19. The quantitative estimate of drug-likeness (QED) is 0.583. The predicted octanol–water partition coefficient (Wildman–Crippen LogP) is 2.87. The van der Waals surface area contributed by atoms with Crippen LogP contribution in [0.3, 0.4) is 0 Å². The number of rotatable bonds is 4. The highest BCUT2D eigenvalue weighted by Gasteiger charge is 2.05. The van der Waals surface area contributed by atoms with Crippen molar-refractivity contribution in [2.24, 2.45) is 12.1 Å². The summed E-state index contributed by atoms with van der Waals surface area (Å²) in [7, 11) is 1.94. The molecule has 0 spiro atoms. The normalized spacial score (nSPS) is 11.1. The van der Waals surface area contributed by atoms with E-state index in [2.05, 4.69) is 10.5 Å². The van der Waals surface area contributed by atoms with Gasteiger partial charge in [0.05, 0.1) is 12.6 Å². The van der Waals surface area contributed by atoms with Crippen LogP contribution in [0.15, 0.2) is 66.0 Å². The molecule has 1 N–H and O–H groups in total. The molecule has 0 bridgehead atoms. The molecule has 0 fully saturated rings. The second kappa shape index (κ2) is 6.26. The minimum atomic E-state index is -0.122. The number of aromatic nitrogens is 1. The van der Waals surface area contributed by atoms with Crippen molar-refractivity contribution in [2.75, 3.05) is 0 Å². The molecule has 2 aromatic carbocycles. The van der Waals surface area contributed by atoms with E-state index >= 15 is 0 Å². The fourth-order valence-corrected chi connectivity index (χ4v) is 2.44. The molecule has 1 amide bonds. The minimum Gasteiger partial charge on any atom is -0.357 e. The second-order valence-electron chi connectivity index (χ2n) is 5.22. The zero-order valence-corrected chi connectivity index (χ0v) is 12.4. The molecule has 22 heavy (non-hydrogen) atoms. The van der Waals surface area contributed by atoms with E-state index in [0.29, 0.717) is 6.42 Å². The summed E-state index contributed by atoms with van der Waals surface area (Å²) < 4.78 is 1.93. The Morgan fingerprint density at radius 2 is 2.00 bits per heavy atom. The van der Waals surface area contributed by atoms with Crippen LogP contribution in [-0.4, -0.2) is 16.7 Å². The van der Waals surface area contributed by atoms with Crippen LogP contribution in [0.2, 0.25) is 0 Å². The fourth-order valence-electron chi connectivity index (χ4n) is 2.44. The van der Waals surface area contributed by atoms with Crippen molar-refractivity contribution in [3.05, 3.63) is 72.1 Å². The zero-order chi connectivity index (χ0) is 15.4. The number of aryl methyl sites for hydroxylation is 1. The van der Waals surface area contributed by atoms with Crippen LogP contribution in [0.1, 0.15) is 11.1 Å². The third-order valence-electron chi connectivity index (χ3n) is 3.49.